The Hall–Kier alpha value is -1.15. The van der Waals surface area contributed by atoms with Crippen molar-refractivity contribution < 1.29 is 8.42 Å². The fraction of sp³-hybridized carbons (Fsp3) is 0.400. The standard InChI is InChI=1S/C10H13BrN4O2S/c1-10(7-4-3-5-8(11)13-7)6-18(16,17)15(2)9(12)14-10/h3-5H,6H2,1-2H3,(H2,12,14)/t10-/m0/s1. The molecule has 1 aromatic heterocycles. The predicted molar refractivity (Wildman–Crippen MR) is 71.7 cm³/mol. The van der Waals surface area contributed by atoms with E-state index < -0.39 is 15.6 Å². The van der Waals surface area contributed by atoms with Gasteiger partial charge in [-0.1, -0.05) is 6.07 Å². The van der Waals surface area contributed by atoms with Crippen LogP contribution in [0.15, 0.2) is 22.8 Å². The molecule has 2 heterocycles. The van der Waals surface area contributed by atoms with Crippen molar-refractivity contribution in [1.82, 2.24) is 14.6 Å². The highest BCUT2D eigenvalue weighted by atomic mass is 79.9. The van der Waals surface area contributed by atoms with E-state index in [-0.39, 0.29) is 11.7 Å². The van der Waals surface area contributed by atoms with Crippen molar-refractivity contribution in [3.63, 3.8) is 0 Å². The number of nitrogens with zero attached hydrogens (tertiary/aromatic N) is 2. The highest BCUT2D eigenvalue weighted by Gasteiger charge is 2.42. The lowest BCUT2D eigenvalue weighted by Gasteiger charge is -2.39. The Labute approximate surface area is 114 Å². The second kappa shape index (κ2) is 4.20. The number of pyridine rings is 1. The first-order chi connectivity index (χ1) is 8.24. The summed E-state index contributed by atoms with van der Waals surface area (Å²) >= 11 is 3.26. The third kappa shape index (κ3) is 2.22. The lowest BCUT2D eigenvalue weighted by Crippen LogP contribution is -2.61. The SMILES string of the molecule is CN1C(=N)N[C@](C)(c2cccc(Br)n2)CS1(=O)=O. The van der Waals surface area contributed by atoms with Gasteiger partial charge in [-0.3, -0.25) is 5.41 Å². The third-order valence-corrected chi connectivity index (χ3v) is 5.28. The second-order valence-corrected chi connectivity index (χ2v) is 7.19. The molecule has 18 heavy (non-hydrogen) atoms. The molecule has 0 aromatic carbocycles. The molecule has 0 unspecified atom stereocenters. The van der Waals surface area contributed by atoms with Gasteiger partial charge in [0.05, 0.1) is 17.0 Å². The van der Waals surface area contributed by atoms with Gasteiger partial charge in [0.15, 0.2) is 0 Å². The summed E-state index contributed by atoms with van der Waals surface area (Å²) in [6, 6.07) is 5.29. The van der Waals surface area contributed by atoms with Crippen molar-refractivity contribution in [2.45, 2.75) is 12.5 Å². The Balaban J connectivity index is 2.47. The van der Waals surface area contributed by atoms with Gasteiger partial charge in [-0.05, 0) is 35.0 Å². The Kier molecular flexibility index (Phi) is 3.10. The minimum absolute atomic E-state index is 0.137. The van der Waals surface area contributed by atoms with E-state index in [1.54, 1.807) is 25.1 Å². The summed E-state index contributed by atoms with van der Waals surface area (Å²) in [5.74, 6) is -0.284. The predicted octanol–water partition coefficient (Wildman–Crippen LogP) is 0.859. The first-order valence-corrected chi connectivity index (χ1v) is 7.61. The molecule has 0 radical (unpaired) electrons. The van der Waals surface area contributed by atoms with Crippen LogP contribution >= 0.6 is 15.9 Å². The van der Waals surface area contributed by atoms with Crippen LogP contribution in [0.5, 0.6) is 0 Å². The van der Waals surface area contributed by atoms with Gasteiger partial charge in [0.25, 0.3) is 0 Å². The Morgan fingerprint density at radius 1 is 1.56 bits per heavy atom. The molecule has 0 spiro atoms. The second-order valence-electron chi connectivity index (χ2n) is 4.37. The van der Waals surface area contributed by atoms with Crippen molar-refractivity contribution in [1.29, 1.82) is 5.41 Å². The topological polar surface area (TPSA) is 86.2 Å². The van der Waals surface area contributed by atoms with E-state index in [0.29, 0.717) is 10.3 Å². The van der Waals surface area contributed by atoms with Crippen LogP contribution in [-0.2, 0) is 15.6 Å². The van der Waals surface area contributed by atoms with E-state index in [9.17, 15) is 8.42 Å². The highest BCUT2D eigenvalue weighted by Crippen LogP contribution is 2.27. The van der Waals surface area contributed by atoms with Crippen LogP contribution < -0.4 is 5.32 Å². The fourth-order valence-corrected chi connectivity index (χ4v) is 3.64. The first-order valence-electron chi connectivity index (χ1n) is 5.21. The number of hydrogen-bond donors (Lipinski definition) is 2. The van der Waals surface area contributed by atoms with Crippen LogP contribution in [-0.4, -0.2) is 36.5 Å². The Morgan fingerprint density at radius 2 is 2.22 bits per heavy atom. The van der Waals surface area contributed by atoms with Gasteiger partial charge in [0.1, 0.15) is 4.60 Å². The molecule has 1 saturated heterocycles. The van der Waals surface area contributed by atoms with Crippen LogP contribution in [0.4, 0.5) is 0 Å². The molecule has 2 rings (SSSR count). The number of nitrogens with one attached hydrogen (secondary N) is 2. The summed E-state index contributed by atoms with van der Waals surface area (Å²) in [6.45, 7) is 1.72. The molecule has 0 bridgehead atoms. The zero-order chi connectivity index (χ0) is 13.6. The van der Waals surface area contributed by atoms with Gasteiger partial charge >= 0.3 is 0 Å². The van der Waals surface area contributed by atoms with Crippen LogP contribution in [0, 0.1) is 5.41 Å². The summed E-state index contributed by atoms with van der Waals surface area (Å²) < 4.78 is 25.5. The maximum atomic E-state index is 12.0. The first kappa shape index (κ1) is 13.3. The zero-order valence-electron chi connectivity index (χ0n) is 9.94. The van der Waals surface area contributed by atoms with E-state index in [0.717, 1.165) is 4.31 Å². The van der Waals surface area contributed by atoms with Crippen molar-refractivity contribution in [3.8, 4) is 0 Å². The van der Waals surface area contributed by atoms with Gasteiger partial charge in [-0.25, -0.2) is 17.7 Å². The summed E-state index contributed by atoms with van der Waals surface area (Å²) in [5.41, 5.74) is -0.315. The molecule has 1 atom stereocenters. The van der Waals surface area contributed by atoms with Crippen molar-refractivity contribution >= 4 is 31.9 Å². The normalized spacial score (nSPS) is 26.8. The van der Waals surface area contributed by atoms with Crippen molar-refractivity contribution in [3.05, 3.63) is 28.5 Å². The molecule has 1 aromatic rings. The monoisotopic (exact) mass is 332 g/mol. The maximum Gasteiger partial charge on any atom is 0.239 e. The average molecular weight is 333 g/mol. The van der Waals surface area contributed by atoms with E-state index in [1.165, 1.54) is 7.05 Å². The van der Waals surface area contributed by atoms with Crippen molar-refractivity contribution in [2.75, 3.05) is 12.8 Å². The molecule has 1 fully saturated rings. The molecule has 6 nitrogen and oxygen atoms in total. The molecule has 0 amide bonds. The van der Waals surface area contributed by atoms with Crippen LogP contribution in [0.3, 0.4) is 0 Å². The molecule has 98 valence electrons. The maximum absolute atomic E-state index is 12.0. The lowest BCUT2D eigenvalue weighted by molar-refractivity contribution is 0.409. The van der Waals surface area contributed by atoms with Crippen molar-refractivity contribution in [2.24, 2.45) is 0 Å². The van der Waals surface area contributed by atoms with Crippen LogP contribution in [0.25, 0.3) is 0 Å². The zero-order valence-corrected chi connectivity index (χ0v) is 12.3. The number of halogens is 1. The van der Waals surface area contributed by atoms with E-state index >= 15 is 0 Å². The summed E-state index contributed by atoms with van der Waals surface area (Å²) in [6.07, 6.45) is 0. The minimum Gasteiger partial charge on any atom is -0.344 e. The molecule has 0 saturated carbocycles. The van der Waals surface area contributed by atoms with Crippen LogP contribution in [0.1, 0.15) is 12.6 Å². The Morgan fingerprint density at radius 3 is 2.78 bits per heavy atom. The number of aromatic nitrogens is 1. The number of guanidine groups is 1. The lowest BCUT2D eigenvalue weighted by atomic mass is 10.00. The van der Waals surface area contributed by atoms with Gasteiger partial charge in [0.2, 0.25) is 16.0 Å². The highest BCUT2D eigenvalue weighted by molar-refractivity contribution is 9.10. The summed E-state index contributed by atoms with van der Waals surface area (Å²) in [5, 5.41) is 10.6. The van der Waals surface area contributed by atoms with Gasteiger partial charge < -0.3 is 5.32 Å². The molecular weight excluding hydrogens is 320 g/mol. The molecule has 1 aliphatic rings. The summed E-state index contributed by atoms with van der Waals surface area (Å²) in [4.78, 5) is 4.27. The quantitative estimate of drug-likeness (QED) is 0.747. The van der Waals surface area contributed by atoms with E-state index in [2.05, 4.69) is 26.2 Å². The molecule has 1 aliphatic heterocycles. The van der Waals surface area contributed by atoms with E-state index in [4.69, 9.17) is 5.41 Å². The van der Waals surface area contributed by atoms with Gasteiger partial charge in [0, 0.05) is 7.05 Å². The summed E-state index contributed by atoms with van der Waals surface area (Å²) in [7, 11) is -2.13. The minimum atomic E-state index is -3.49. The number of hydrogen-bond acceptors (Lipinski definition) is 4. The molecule has 2 N–H and O–H groups in total. The Bertz CT molecular complexity index is 604. The largest absolute Gasteiger partial charge is 0.344 e. The average Bonchev–Trinajstić information content (AvgIpc) is 2.25. The van der Waals surface area contributed by atoms with Crippen LogP contribution in [0.2, 0.25) is 0 Å². The number of sulfonamides is 1. The van der Waals surface area contributed by atoms with E-state index in [1.807, 2.05) is 0 Å². The molecular formula is C10H13BrN4O2S. The smallest absolute Gasteiger partial charge is 0.239 e. The number of rotatable bonds is 1. The van der Waals surface area contributed by atoms with Gasteiger partial charge in [-0.15, -0.1) is 0 Å². The fourth-order valence-electron chi connectivity index (χ4n) is 1.83. The third-order valence-electron chi connectivity index (χ3n) is 2.88. The molecule has 0 aliphatic carbocycles. The molecule has 8 heteroatoms. The van der Waals surface area contributed by atoms with Gasteiger partial charge in [-0.2, -0.15) is 0 Å².